The smallest absolute Gasteiger partial charge is 0.410 e. The lowest BCUT2D eigenvalue weighted by Crippen LogP contribution is -2.52. The molecule has 8 heteroatoms. The van der Waals surface area contributed by atoms with Gasteiger partial charge in [-0.2, -0.15) is 0 Å². The lowest BCUT2D eigenvalue weighted by atomic mass is 9.99. The van der Waals surface area contributed by atoms with Gasteiger partial charge in [0.25, 0.3) is 5.91 Å². The van der Waals surface area contributed by atoms with Gasteiger partial charge in [0.2, 0.25) is 0 Å². The van der Waals surface area contributed by atoms with E-state index in [1.54, 1.807) is 40.0 Å². The number of aliphatic hydroxyl groups excluding tert-OH is 1. The molecule has 180 valence electrons. The number of carbonyl (C=O) groups excluding carboxylic acids is 2. The molecule has 0 unspecified atom stereocenters. The first-order chi connectivity index (χ1) is 15.1. The summed E-state index contributed by atoms with van der Waals surface area (Å²) in [6, 6.07) is 2.89. The molecular formula is C24H38N2O6. The number of likely N-dealkylation sites (tertiary alicyclic amines) is 1. The standard InChI is InChI=1S/C24H38N2O6/c1-8-16-13-18(14-17(9-2)21(16)30-6)22(28)26(31-7)19-15-25(12-10-11-20(19)27)23(29)32-24(3,4)5/h13-14,19-20,27H,8-12,15H2,1-7H3/t19-,20-/m1/s1. The zero-order valence-corrected chi connectivity index (χ0v) is 20.4. The van der Waals surface area contributed by atoms with Crippen molar-refractivity contribution in [3.8, 4) is 5.75 Å². The maximum Gasteiger partial charge on any atom is 0.410 e. The van der Waals surface area contributed by atoms with E-state index in [4.69, 9.17) is 14.3 Å². The number of hydrogen-bond donors (Lipinski definition) is 1. The second-order valence-electron chi connectivity index (χ2n) is 9.05. The van der Waals surface area contributed by atoms with Gasteiger partial charge >= 0.3 is 6.09 Å². The summed E-state index contributed by atoms with van der Waals surface area (Å²) in [5, 5.41) is 12.0. The van der Waals surface area contributed by atoms with E-state index in [9.17, 15) is 14.7 Å². The highest BCUT2D eigenvalue weighted by Crippen LogP contribution is 2.29. The molecule has 0 aliphatic carbocycles. The average molecular weight is 451 g/mol. The van der Waals surface area contributed by atoms with Crippen molar-refractivity contribution < 1.29 is 29.0 Å². The van der Waals surface area contributed by atoms with Crippen LogP contribution in [0.15, 0.2) is 12.1 Å². The highest BCUT2D eigenvalue weighted by atomic mass is 16.7. The van der Waals surface area contributed by atoms with Crippen LogP contribution in [0.3, 0.4) is 0 Å². The third kappa shape index (κ3) is 6.13. The molecule has 0 radical (unpaired) electrons. The minimum Gasteiger partial charge on any atom is -0.496 e. The Morgan fingerprint density at radius 3 is 2.22 bits per heavy atom. The van der Waals surface area contributed by atoms with Crippen LogP contribution < -0.4 is 4.74 Å². The van der Waals surface area contributed by atoms with E-state index in [1.807, 2.05) is 13.8 Å². The van der Waals surface area contributed by atoms with Crippen molar-refractivity contribution in [1.29, 1.82) is 0 Å². The van der Waals surface area contributed by atoms with Gasteiger partial charge in [-0.15, -0.1) is 0 Å². The molecule has 1 fully saturated rings. The quantitative estimate of drug-likeness (QED) is 0.667. The Kier molecular flexibility index (Phi) is 8.92. The van der Waals surface area contributed by atoms with Crippen LogP contribution in [0.4, 0.5) is 4.79 Å². The van der Waals surface area contributed by atoms with Crippen molar-refractivity contribution in [2.75, 3.05) is 27.3 Å². The van der Waals surface area contributed by atoms with Gasteiger partial charge in [-0.05, 0) is 69.7 Å². The fourth-order valence-electron chi connectivity index (χ4n) is 4.01. The Morgan fingerprint density at radius 2 is 1.75 bits per heavy atom. The second-order valence-corrected chi connectivity index (χ2v) is 9.05. The number of benzene rings is 1. The summed E-state index contributed by atoms with van der Waals surface area (Å²) < 4.78 is 11.1. The van der Waals surface area contributed by atoms with Gasteiger partial charge in [-0.25, -0.2) is 9.86 Å². The minimum atomic E-state index is -0.833. The molecule has 0 saturated carbocycles. The van der Waals surface area contributed by atoms with Gasteiger partial charge in [-0.3, -0.25) is 9.63 Å². The Morgan fingerprint density at radius 1 is 1.16 bits per heavy atom. The van der Waals surface area contributed by atoms with Crippen LogP contribution in [0.25, 0.3) is 0 Å². The van der Waals surface area contributed by atoms with Crippen LogP contribution in [0.2, 0.25) is 0 Å². The highest BCUT2D eigenvalue weighted by Gasteiger charge is 2.37. The fourth-order valence-corrected chi connectivity index (χ4v) is 4.01. The molecule has 0 aromatic heterocycles. The van der Waals surface area contributed by atoms with Crippen molar-refractivity contribution in [3.63, 3.8) is 0 Å². The molecule has 2 atom stereocenters. The SMILES string of the molecule is CCc1cc(C(=O)N(OC)[C@@H]2CN(C(=O)OC(C)(C)C)CCC[C@H]2O)cc(CC)c1OC. The van der Waals surface area contributed by atoms with Crippen LogP contribution >= 0.6 is 0 Å². The summed E-state index contributed by atoms with van der Waals surface area (Å²) in [5.74, 6) is 0.427. The molecule has 1 aliphatic heterocycles. The minimum absolute atomic E-state index is 0.118. The third-order valence-electron chi connectivity index (χ3n) is 5.58. The number of amides is 2. The number of rotatable bonds is 6. The maximum atomic E-state index is 13.5. The van der Waals surface area contributed by atoms with Gasteiger partial charge < -0.3 is 19.5 Å². The average Bonchev–Trinajstić information content (AvgIpc) is 2.93. The number of nitrogens with zero attached hydrogens (tertiary/aromatic N) is 2. The summed E-state index contributed by atoms with van der Waals surface area (Å²) in [7, 11) is 3.03. The van der Waals surface area contributed by atoms with Crippen LogP contribution in [0, 0.1) is 0 Å². The fraction of sp³-hybridized carbons (Fsp3) is 0.667. The van der Waals surface area contributed by atoms with E-state index in [0.29, 0.717) is 37.8 Å². The van der Waals surface area contributed by atoms with Crippen molar-refractivity contribution in [1.82, 2.24) is 9.96 Å². The monoisotopic (exact) mass is 450 g/mol. The van der Waals surface area contributed by atoms with Crippen LogP contribution in [0.1, 0.15) is 68.9 Å². The summed E-state index contributed by atoms with van der Waals surface area (Å²) in [4.78, 5) is 33.2. The topological polar surface area (TPSA) is 88.5 Å². The van der Waals surface area contributed by atoms with E-state index < -0.39 is 23.8 Å². The number of hydrogen-bond acceptors (Lipinski definition) is 6. The third-order valence-corrected chi connectivity index (χ3v) is 5.58. The van der Waals surface area contributed by atoms with Crippen molar-refractivity contribution >= 4 is 12.0 Å². The number of aliphatic hydroxyl groups is 1. The normalized spacial score (nSPS) is 19.3. The Bertz CT molecular complexity index is 779. The molecule has 1 aromatic carbocycles. The van der Waals surface area contributed by atoms with Crippen LogP contribution in [-0.4, -0.2) is 72.1 Å². The molecule has 1 aromatic rings. The van der Waals surface area contributed by atoms with Gasteiger partial charge in [-0.1, -0.05) is 13.8 Å². The van der Waals surface area contributed by atoms with Crippen LogP contribution in [0.5, 0.6) is 5.75 Å². The van der Waals surface area contributed by atoms with Crippen LogP contribution in [-0.2, 0) is 22.4 Å². The van der Waals surface area contributed by atoms with E-state index >= 15 is 0 Å². The van der Waals surface area contributed by atoms with E-state index in [1.165, 1.54) is 17.1 Å². The van der Waals surface area contributed by atoms with E-state index in [-0.39, 0.29) is 12.5 Å². The van der Waals surface area contributed by atoms with Crippen molar-refractivity contribution in [2.24, 2.45) is 0 Å². The molecular weight excluding hydrogens is 412 g/mol. The summed E-state index contributed by atoms with van der Waals surface area (Å²) >= 11 is 0. The Balaban J connectivity index is 2.36. The molecule has 8 nitrogen and oxygen atoms in total. The van der Waals surface area contributed by atoms with E-state index in [2.05, 4.69) is 0 Å². The van der Waals surface area contributed by atoms with Gasteiger partial charge in [0, 0.05) is 18.7 Å². The lowest BCUT2D eigenvalue weighted by Gasteiger charge is -2.34. The highest BCUT2D eigenvalue weighted by molar-refractivity contribution is 5.94. The predicted molar refractivity (Wildman–Crippen MR) is 122 cm³/mol. The predicted octanol–water partition coefficient (Wildman–Crippen LogP) is 3.58. The molecule has 1 N–H and O–H groups in total. The number of hydroxylamine groups is 2. The molecule has 0 spiro atoms. The van der Waals surface area contributed by atoms with Gasteiger partial charge in [0.15, 0.2) is 0 Å². The molecule has 0 bridgehead atoms. The first-order valence-electron chi connectivity index (χ1n) is 11.3. The second kappa shape index (κ2) is 11.0. The number of ether oxygens (including phenoxy) is 2. The molecule has 2 amide bonds. The first-order valence-corrected chi connectivity index (χ1v) is 11.3. The largest absolute Gasteiger partial charge is 0.496 e. The first kappa shape index (κ1) is 25.9. The zero-order valence-electron chi connectivity index (χ0n) is 20.4. The molecule has 1 aliphatic rings. The Hall–Kier alpha value is -2.32. The van der Waals surface area contributed by atoms with Crippen molar-refractivity contribution in [3.05, 3.63) is 28.8 Å². The molecule has 1 heterocycles. The number of aryl methyl sites for hydroxylation is 2. The molecule has 1 saturated heterocycles. The number of carbonyl (C=O) groups is 2. The lowest BCUT2D eigenvalue weighted by molar-refractivity contribution is -0.149. The van der Waals surface area contributed by atoms with E-state index in [0.717, 1.165) is 16.9 Å². The maximum absolute atomic E-state index is 13.5. The van der Waals surface area contributed by atoms with Gasteiger partial charge in [0.1, 0.15) is 17.4 Å². The summed E-state index contributed by atoms with van der Waals surface area (Å²) in [6.45, 7) is 9.99. The Labute approximate surface area is 191 Å². The summed E-state index contributed by atoms with van der Waals surface area (Å²) in [5.41, 5.74) is 1.69. The number of methoxy groups -OCH3 is 1. The molecule has 32 heavy (non-hydrogen) atoms. The van der Waals surface area contributed by atoms with Crippen molar-refractivity contribution in [2.45, 2.75) is 78.0 Å². The zero-order chi connectivity index (χ0) is 24.1. The van der Waals surface area contributed by atoms with Gasteiger partial charge in [0.05, 0.1) is 20.3 Å². The summed E-state index contributed by atoms with van der Waals surface area (Å²) in [6.07, 6.45) is 1.17. The molecule has 2 rings (SSSR count).